The molecule has 6 nitrogen and oxygen atoms in total. The Hall–Kier alpha value is -2.09. The number of halogens is 1. The fourth-order valence-corrected chi connectivity index (χ4v) is 4.89. The van der Waals surface area contributed by atoms with Crippen LogP contribution >= 0.6 is 11.6 Å². The first-order valence-corrected chi connectivity index (χ1v) is 11.5. The van der Waals surface area contributed by atoms with Crippen LogP contribution in [0, 0.1) is 6.92 Å². The van der Waals surface area contributed by atoms with Gasteiger partial charge in [-0.25, -0.2) is 8.42 Å². The van der Waals surface area contributed by atoms with E-state index in [2.05, 4.69) is 5.32 Å². The summed E-state index contributed by atoms with van der Waals surface area (Å²) in [6, 6.07) is 11.4. The number of benzene rings is 2. The van der Waals surface area contributed by atoms with Crippen LogP contribution in [0.15, 0.2) is 47.4 Å². The van der Waals surface area contributed by atoms with Gasteiger partial charge in [0.1, 0.15) is 5.75 Å². The summed E-state index contributed by atoms with van der Waals surface area (Å²) < 4.78 is 32.6. The molecule has 2 aromatic carbocycles. The van der Waals surface area contributed by atoms with E-state index in [0.29, 0.717) is 29.5 Å². The number of nitrogens with one attached hydrogen (secondary N) is 1. The van der Waals surface area contributed by atoms with Crippen LogP contribution in [0.3, 0.4) is 0 Å². The number of nitrogens with zero attached hydrogens (tertiary/aromatic N) is 1. The van der Waals surface area contributed by atoms with Crippen molar-refractivity contribution >= 4 is 33.2 Å². The van der Waals surface area contributed by atoms with Gasteiger partial charge in [-0.3, -0.25) is 4.79 Å². The molecule has 1 heterocycles. The highest BCUT2D eigenvalue weighted by molar-refractivity contribution is 7.89. The van der Waals surface area contributed by atoms with E-state index in [1.54, 1.807) is 28.6 Å². The first-order chi connectivity index (χ1) is 13.9. The Morgan fingerprint density at radius 1 is 1.07 bits per heavy atom. The van der Waals surface area contributed by atoms with Crippen LogP contribution in [0.5, 0.6) is 5.75 Å². The molecule has 0 aromatic heterocycles. The van der Waals surface area contributed by atoms with Gasteiger partial charge in [0.05, 0.1) is 4.90 Å². The molecule has 1 aliphatic rings. The van der Waals surface area contributed by atoms with Gasteiger partial charge in [-0.1, -0.05) is 30.5 Å². The zero-order valence-electron chi connectivity index (χ0n) is 16.4. The maximum Gasteiger partial charge on any atom is 0.262 e. The van der Waals surface area contributed by atoms with Crippen LogP contribution in [0.4, 0.5) is 5.69 Å². The summed E-state index contributed by atoms with van der Waals surface area (Å²) in [5.74, 6) is 0.106. The molecule has 0 spiro atoms. The molecule has 0 radical (unpaired) electrons. The highest BCUT2D eigenvalue weighted by atomic mass is 35.5. The number of ether oxygens (including phenoxy) is 1. The van der Waals surface area contributed by atoms with Crippen molar-refractivity contribution in [3.05, 3.63) is 53.1 Å². The Balaban J connectivity index is 1.59. The molecule has 8 heteroatoms. The fourth-order valence-electron chi connectivity index (χ4n) is 3.20. The first kappa shape index (κ1) is 21.6. The van der Waals surface area contributed by atoms with Gasteiger partial charge < -0.3 is 10.1 Å². The monoisotopic (exact) mass is 436 g/mol. The number of amides is 1. The third kappa shape index (κ3) is 5.72. The molecule has 0 atom stereocenters. The molecule has 1 amide bonds. The van der Waals surface area contributed by atoms with Gasteiger partial charge in [0.2, 0.25) is 10.0 Å². The summed E-state index contributed by atoms with van der Waals surface area (Å²) in [7, 11) is -3.50. The molecule has 3 rings (SSSR count). The van der Waals surface area contributed by atoms with E-state index < -0.39 is 10.0 Å². The second-order valence-electron chi connectivity index (χ2n) is 7.09. The number of rotatable bonds is 6. The van der Waals surface area contributed by atoms with Crippen molar-refractivity contribution in [2.24, 2.45) is 0 Å². The maximum atomic E-state index is 12.8. The number of hydrogen-bond acceptors (Lipinski definition) is 4. The van der Waals surface area contributed by atoms with Gasteiger partial charge in [-0.2, -0.15) is 4.31 Å². The van der Waals surface area contributed by atoms with E-state index >= 15 is 0 Å². The molecule has 2 aromatic rings. The van der Waals surface area contributed by atoms with Gasteiger partial charge in [0.15, 0.2) is 6.61 Å². The van der Waals surface area contributed by atoms with Crippen molar-refractivity contribution < 1.29 is 17.9 Å². The van der Waals surface area contributed by atoms with Gasteiger partial charge in [-0.15, -0.1) is 0 Å². The van der Waals surface area contributed by atoms with Crippen LogP contribution in [0.25, 0.3) is 0 Å². The topological polar surface area (TPSA) is 75.7 Å². The highest BCUT2D eigenvalue weighted by Crippen LogP contribution is 2.23. The summed E-state index contributed by atoms with van der Waals surface area (Å²) >= 11 is 5.95. The van der Waals surface area contributed by atoms with E-state index in [1.165, 1.54) is 12.1 Å². The Kier molecular flexibility index (Phi) is 7.16. The molecule has 1 fully saturated rings. The molecule has 1 N–H and O–H groups in total. The summed E-state index contributed by atoms with van der Waals surface area (Å²) in [4.78, 5) is 12.4. The van der Waals surface area contributed by atoms with E-state index in [9.17, 15) is 13.2 Å². The Morgan fingerprint density at radius 2 is 1.72 bits per heavy atom. The number of carbonyl (C=O) groups excluding carboxylic acids is 1. The number of sulfonamides is 1. The Bertz CT molecular complexity index is 953. The van der Waals surface area contributed by atoms with E-state index in [-0.39, 0.29) is 17.4 Å². The highest BCUT2D eigenvalue weighted by Gasteiger charge is 2.25. The smallest absolute Gasteiger partial charge is 0.262 e. The molecule has 0 aliphatic carbocycles. The second kappa shape index (κ2) is 9.61. The van der Waals surface area contributed by atoms with Gasteiger partial charge in [0.25, 0.3) is 5.91 Å². The third-order valence-corrected chi connectivity index (χ3v) is 7.02. The average Bonchev–Trinajstić information content (AvgIpc) is 3.00. The molecule has 1 aliphatic heterocycles. The van der Waals surface area contributed by atoms with Crippen LogP contribution in [-0.2, 0) is 14.8 Å². The standard InChI is InChI=1S/C21H25ClN2O4S/c1-16-6-7-17(22)14-20(16)23-21(25)15-28-18-8-10-19(11-9-18)29(26,27)24-12-4-2-3-5-13-24/h6-11,14H,2-5,12-13,15H2,1H3,(H,23,25). The molecular weight excluding hydrogens is 412 g/mol. The zero-order chi connectivity index (χ0) is 20.9. The number of anilines is 1. The summed E-state index contributed by atoms with van der Waals surface area (Å²) in [6.45, 7) is 2.80. The zero-order valence-corrected chi connectivity index (χ0v) is 17.9. The molecular formula is C21H25ClN2O4S. The first-order valence-electron chi connectivity index (χ1n) is 9.65. The summed E-state index contributed by atoms with van der Waals surface area (Å²) in [5, 5.41) is 3.29. The van der Waals surface area contributed by atoms with E-state index in [0.717, 1.165) is 31.2 Å². The van der Waals surface area contributed by atoms with E-state index in [1.807, 2.05) is 13.0 Å². The maximum absolute atomic E-state index is 12.8. The normalized spacial score (nSPS) is 15.5. The quantitative estimate of drug-likeness (QED) is 0.735. The van der Waals surface area contributed by atoms with Crippen molar-refractivity contribution in [2.45, 2.75) is 37.5 Å². The minimum Gasteiger partial charge on any atom is -0.484 e. The van der Waals surface area contributed by atoms with Gasteiger partial charge in [0, 0.05) is 23.8 Å². The minimum absolute atomic E-state index is 0.190. The van der Waals surface area contributed by atoms with Gasteiger partial charge >= 0.3 is 0 Å². The van der Waals surface area contributed by atoms with Crippen LogP contribution < -0.4 is 10.1 Å². The number of aryl methyl sites for hydroxylation is 1. The van der Waals surface area contributed by atoms with Gasteiger partial charge in [-0.05, 0) is 61.7 Å². The van der Waals surface area contributed by atoms with Crippen molar-refractivity contribution in [2.75, 3.05) is 25.0 Å². The van der Waals surface area contributed by atoms with Crippen molar-refractivity contribution in [1.82, 2.24) is 4.31 Å². The third-order valence-electron chi connectivity index (χ3n) is 4.87. The molecule has 0 unspecified atom stereocenters. The van der Waals surface area contributed by atoms with Crippen molar-refractivity contribution in [3.63, 3.8) is 0 Å². The average molecular weight is 437 g/mol. The lowest BCUT2D eigenvalue weighted by Gasteiger charge is -2.20. The molecule has 1 saturated heterocycles. The Morgan fingerprint density at radius 3 is 2.38 bits per heavy atom. The minimum atomic E-state index is -3.50. The lowest BCUT2D eigenvalue weighted by atomic mass is 10.2. The predicted molar refractivity (Wildman–Crippen MR) is 114 cm³/mol. The largest absolute Gasteiger partial charge is 0.484 e. The fraction of sp³-hybridized carbons (Fsp3) is 0.381. The molecule has 0 saturated carbocycles. The summed E-state index contributed by atoms with van der Waals surface area (Å²) in [6.07, 6.45) is 3.91. The summed E-state index contributed by atoms with van der Waals surface area (Å²) in [5.41, 5.74) is 1.52. The van der Waals surface area contributed by atoms with E-state index in [4.69, 9.17) is 16.3 Å². The lowest BCUT2D eigenvalue weighted by molar-refractivity contribution is -0.118. The number of hydrogen-bond donors (Lipinski definition) is 1. The van der Waals surface area contributed by atoms with Crippen molar-refractivity contribution in [1.29, 1.82) is 0 Å². The van der Waals surface area contributed by atoms with Crippen LogP contribution in [0.2, 0.25) is 5.02 Å². The van der Waals surface area contributed by atoms with Crippen LogP contribution in [-0.4, -0.2) is 38.3 Å². The SMILES string of the molecule is Cc1ccc(Cl)cc1NC(=O)COc1ccc(S(=O)(=O)N2CCCCCC2)cc1. The lowest BCUT2D eigenvalue weighted by Crippen LogP contribution is -2.31. The van der Waals surface area contributed by atoms with Crippen LogP contribution in [0.1, 0.15) is 31.2 Å². The molecule has 29 heavy (non-hydrogen) atoms. The van der Waals surface area contributed by atoms with Crippen molar-refractivity contribution in [3.8, 4) is 5.75 Å². The predicted octanol–water partition coefficient (Wildman–Crippen LogP) is 4.23. The number of carbonyl (C=O) groups is 1. The second-order valence-corrected chi connectivity index (χ2v) is 9.46. The molecule has 156 valence electrons. The molecule has 0 bridgehead atoms. The Labute approximate surface area is 176 Å².